The summed E-state index contributed by atoms with van der Waals surface area (Å²) in [4.78, 5) is 0. The van der Waals surface area contributed by atoms with E-state index in [0.29, 0.717) is 24.3 Å². The molecule has 0 unspecified atom stereocenters. The topological polar surface area (TPSA) is 92.1 Å². The van der Waals surface area contributed by atoms with Gasteiger partial charge in [0.1, 0.15) is 0 Å². The second-order valence-corrected chi connectivity index (χ2v) is 5.92. The van der Waals surface area contributed by atoms with Crippen LogP contribution >= 0.6 is 0 Å². The second kappa shape index (κ2) is 5.31. The zero-order valence-electron chi connectivity index (χ0n) is 10.6. The van der Waals surface area contributed by atoms with Crippen molar-refractivity contribution in [3.8, 4) is 0 Å². The average Bonchev–Trinajstić information content (AvgIpc) is 2.90. The van der Waals surface area contributed by atoms with Gasteiger partial charge in [-0.25, -0.2) is 0 Å². The molecule has 0 spiro atoms. The Labute approximate surface area is 112 Å². The smallest absolute Gasteiger partial charge is 0.281 e. The van der Waals surface area contributed by atoms with Crippen LogP contribution in [-0.2, 0) is 10.0 Å². The van der Waals surface area contributed by atoms with E-state index in [9.17, 15) is 8.42 Å². The molecule has 6 nitrogen and oxygen atoms in total. The number of hydrogen-bond acceptors (Lipinski definition) is 4. The Bertz CT molecular complexity index is 638. The van der Waals surface area contributed by atoms with Gasteiger partial charge in [-0.15, -0.1) is 0 Å². The van der Waals surface area contributed by atoms with Crippen LogP contribution in [0.4, 0.5) is 11.4 Å². The molecule has 0 saturated carbocycles. The monoisotopic (exact) mass is 280 g/mol. The lowest BCUT2D eigenvalue weighted by molar-refractivity contribution is 0.586. The third kappa shape index (κ3) is 2.70. The molecule has 19 heavy (non-hydrogen) atoms. The number of hydrogen-bond donors (Lipinski definition) is 2. The number of aromatic nitrogens is 2. The lowest BCUT2D eigenvalue weighted by Gasteiger charge is -2.23. The van der Waals surface area contributed by atoms with E-state index in [1.54, 1.807) is 24.3 Å². The number of nitrogens with two attached hydrogens (primary N) is 1. The quantitative estimate of drug-likeness (QED) is 0.814. The van der Waals surface area contributed by atoms with E-state index in [4.69, 9.17) is 5.73 Å². The maximum absolute atomic E-state index is 12.5. The largest absolute Gasteiger partial charge is 0.399 e. The van der Waals surface area contributed by atoms with Gasteiger partial charge in [-0.3, -0.25) is 9.40 Å². The van der Waals surface area contributed by atoms with Crippen molar-refractivity contribution < 1.29 is 8.42 Å². The second-order valence-electron chi connectivity index (χ2n) is 4.09. The van der Waals surface area contributed by atoms with Gasteiger partial charge in [0.05, 0.1) is 11.9 Å². The fourth-order valence-corrected chi connectivity index (χ4v) is 3.23. The number of anilines is 2. The zero-order chi connectivity index (χ0) is 13.9. The third-order valence-corrected chi connectivity index (χ3v) is 4.38. The Hall–Kier alpha value is -2.02. The van der Waals surface area contributed by atoms with Crippen molar-refractivity contribution in [2.75, 3.05) is 16.6 Å². The molecule has 0 fully saturated rings. The first kappa shape index (κ1) is 13.4. The van der Waals surface area contributed by atoms with Crippen molar-refractivity contribution in [1.29, 1.82) is 0 Å². The van der Waals surface area contributed by atoms with Gasteiger partial charge in [0, 0.05) is 12.2 Å². The molecule has 2 aromatic rings. The van der Waals surface area contributed by atoms with E-state index >= 15 is 0 Å². The van der Waals surface area contributed by atoms with E-state index in [-0.39, 0.29) is 5.03 Å². The Kier molecular flexibility index (Phi) is 3.75. The van der Waals surface area contributed by atoms with Gasteiger partial charge >= 0.3 is 0 Å². The maximum atomic E-state index is 12.5. The van der Waals surface area contributed by atoms with Crippen molar-refractivity contribution in [2.24, 2.45) is 0 Å². The summed E-state index contributed by atoms with van der Waals surface area (Å²) >= 11 is 0. The molecule has 102 valence electrons. The van der Waals surface area contributed by atoms with Gasteiger partial charge < -0.3 is 5.73 Å². The highest BCUT2D eigenvalue weighted by molar-refractivity contribution is 7.92. The van der Waals surface area contributed by atoms with E-state index in [2.05, 4.69) is 10.2 Å². The first-order valence-electron chi connectivity index (χ1n) is 5.93. The number of nitrogen functional groups attached to an aromatic ring is 1. The Balaban J connectivity index is 2.46. The van der Waals surface area contributed by atoms with E-state index in [1.165, 1.54) is 16.6 Å². The molecule has 0 aliphatic carbocycles. The summed E-state index contributed by atoms with van der Waals surface area (Å²) in [6.45, 7) is 2.30. The summed E-state index contributed by atoms with van der Waals surface area (Å²) < 4.78 is 26.3. The van der Waals surface area contributed by atoms with E-state index < -0.39 is 10.0 Å². The fraction of sp³-hybridized carbons (Fsp3) is 0.250. The van der Waals surface area contributed by atoms with Gasteiger partial charge in [0.25, 0.3) is 10.0 Å². The predicted octanol–water partition coefficient (Wildman–Crippen LogP) is 1.60. The minimum atomic E-state index is -3.63. The first-order chi connectivity index (χ1) is 9.05. The van der Waals surface area contributed by atoms with Gasteiger partial charge in [-0.1, -0.05) is 13.0 Å². The number of nitrogens with one attached hydrogen (secondary N) is 1. The van der Waals surface area contributed by atoms with Crippen LogP contribution < -0.4 is 10.0 Å². The molecule has 0 saturated heterocycles. The van der Waals surface area contributed by atoms with Crippen LogP contribution in [0.25, 0.3) is 0 Å². The molecule has 1 aromatic heterocycles. The predicted molar refractivity (Wildman–Crippen MR) is 74.3 cm³/mol. The summed E-state index contributed by atoms with van der Waals surface area (Å²) in [5.74, 6) is 0. The van der Waals surface area contributed by atoms with Crippen molar-refractivity contribution in [3.63, 3.8) is 0 Å². The molecular weight excluding hydrogens is 264 g/mol. The van der Waals surface area contributed by atoms with Crippen LogP contribution in [0.15, 0.2) is 41.6 Å². The van der Waals surface area contributed by atoms with Crippen molar-refractivity contribution in [2.45, 2.75) is 18.4 Å². The Morgan fingerprint density at radius 2 is 2.16 bits per heavy atom. The Morgan fingerprint density at radius 3 is 2.74 bits per heavy atom. The summed E-state index contributed by atoms with van der Waals surface area (Å²) in [6, 6.07) is 8.25. The van der Waals surface area contributed by atoms with Crippen LogP contribution in [0.2, 0.25) is 0 Å². The Morgan fingerprint density at radius 1 is 1.37 bits per heavy atom. The highest BCUT2D eigenvalue weighted by Crippen LogP contribution is 2.24. The van der Waals surface area contributed by atoms with Gasteiger partial charge in [0.2, 0.25) is 0 Å². The van der Waals surface area contributed by atoms with Crippen LogP contribution in [0, 0.1) is 0 Å². The molecule has 7 heteroatoms. The molecule has 0 amide bonds. The highest BCUT2D eigenvalue weighted by Gasteiger charge is 2.25. The number of benzene rings is 1. The molecule has 0 radical (unpaired) electrons. The number of rotatable bonds is 5. The van der Waals surface area contributed by atoms with E-state index in [0.717, 1.165) is 0 Å². The van der Waals surface area contributed by atoms with Crippen LogP contribution in [-0.4, -0.2) is 25.2 Å². The molecule has 0 bridgehead atoms. The summed E-state index contributed by atoms with van der Waals surface area (Å²) in [5, 5.41) is 6.25. The number of sulfonamides is 1. The van der Waals surface area contributed by atoms with E-state index in [1.807, 2.05) is 6.92 Å². The molecule has 0 aliphatic rings. The summed E-state index contributed by atoms with van der Waals surface area (Å²) in [6.07, 6.45) is 2.11. The summed E-state index contributed by atoms with van der Waals surface area (Å²) in [5.41, 5.74) is 6.79. The molecule has 0 aliphatic heterocycles. The van der Waals surface area contributed by atoms with Gasteiger partial charge in [0.15, 0.2) is 5.03 Å². The SMILES string of the molecule is CCCN(c1cccc(N)c1)S(=O)(=O)c1ccn[nH]1. The number of H-pyrrole nitrogens is 1. The fourth-order valence-electron chi connectivity index (χ4n) is 1.78. The standard InChI is InChI=1S/C12H16N4O2S/c1-2-8-16(11-5-3-4-10(13)9-11)19(17,18)12-6-7-14-15-12/h3-7,9H,2,8,13H2,1H3,(H,14,15). The first-order valence-corrected chi connectivity index (χ1v) is 7.37. The van der Waals surface area contributed by atoms with Crippen molar-refractivity contribution in [1.82, 2.24) is 10.2 Å². The highest BCUT2D eigenvalue weighted by atomic mass is 32.2. The molecule has 3 N–H and O–H groups in total. The van der Waals surface area contributed by atoms with Crippen LogP contribution in [0.5, 0.6) is 0 Å². The zero-order valence-corrected chi connectivity index (χ0v) is 11.4. The summed E-state index contributed by atoms with van der Waals surface area (Å²) in [7, 11) is -3.63. The third-order valence-electron chi connectivity index (χ3n) is 2.63. The van der Waals surface area contributed by atoms with Gasteiger partial charge in [-0.05, 0) is 30.7 Å². The molecule has 1 aromatic carbocycles. The lowest BCUT2D eigenvalue weighted by Crippen LogP contribution is -2.32. The van der Waals surface area contributed by atoms with Crippen LogP contribution in [0.1, 0.15) is 13.3 Å². The molecule has 0 atom stereocenters. The minimum absolute atomic E-state index is 0.0726. The normalized spacial score (nSPS) is 11.4. The molecule has 1 heterocycles. The van der Waals surface area contributed by atoms with Crippen molar-refractivity contribution >= 4 is 21.4 Å². The minimum Gasteiger partial charge on any atom is -0.399 e. The molecule has 2 rings (SSSR count). The number of nitrogens with zero attached hydrogens (tertiary/aromatic N) is 2. The van der Waals surface area contributed by atoms with Gasteiger partial charge in [-0.2, -0.15) is 13.5 Å². The number of aromatic amines is 1. The molecular formula is C12H16N4O2S. The maximum Gasteiger partial charge on any atom is 0.281 e. The van der Waals surface area contributed by atoms with Crippen molar-refractivity contribution in [3.05, 3.63) is 36.5 Å². The average molecular weight is 280 g/mol. The lowest BCUT2D eigenvalue weighted by atomic mass is 10.3. The van der Waals surface area contributed by atoms with Crippen LogP contribution in [0.3, 0.4) is 0 Å².